The first-order chi connectivity index (χ1) is 7.53. The Hall–Kier alpha value is -2.15. The lowest BCUT2D eigenvalue weighted by atomic mass is 11.2. The van der Waals surface area contributed by atoms with E-state index in [0.29, 0.717) is 0 Å². The molecule has 0 aromatic heterocycles. The molecule has 0 N–H and O–H groups in total. The van der Waals surface area contributed by atoms with Gasteiger partial charge in [0.05, 0.1) is 0 Å². The van der Waals surface area contributed by atoms with Crippen molar-refractivity contribution in [3.05, 3.63) is 0 Å². The van der Waals surface area contributed by atoms with Gasteiger partial charge in [-0.3, -0.25) is 0 Å². The van der Waals surface area contributed by atoms with E-state index in [9.17, 15) is 14.4 Å². The van der Waals surface area contributed by atoms with Gasteiger partial charge in [0.1, 0.15) is 0 Å². The molecule has 0 radical (unpaired) electrons. The van der Waals surface area contributed by atoms with Crippen LogP contribution in [0, 0.1) is 0 Å². The van der Waals surface area contributed by atoms with Gasteiger partial charge in [0.25, 0.3) is 0 Å². The second-order valence-electron chi connectivity index (χ2n) is 1.77. The van der Waals surface area contributed by atoms with Gasteiger partial charge < -0.3 is 13.6 Å². The van der Waals surface area contributed by atoms with Gasteiger partial charge in [-0.25, -0.2) is 14.4 Å². The van der Waals surface area contributed by atoms with Gasteiger partial charge in [0.15, 0.2) is 0 Å². The van der Waals surface area contributed by atoms with Crippen molar-refractivity contribution >= 4 is 47.0 Å². The molecule has 86 valence electrons. The summed E-state index contributed by atoms with van der Waals surface area (Å²) in [6, 6.07) is 0. The quantitative estimate of drug-likeness (QED) is 0.553. The minimum absolute atomic E-state index is 1.19. The minimum atomic E-state index is -2.65. The standard InChI is InChI=1S/C6H6N3O6P/c1-7-4(10)13-16(14-5(11)8-2)15-6(12)9-3/h1-3H2. The SMILES string of the molecule is C=NC(=O)OP(OC(=O)N=C)OC(=O)N=C. The Kier molecular flexibility index (Phi) is 6.22. The molecule has 0 rings (SSSR count). The predicted molar refractivity (Wildman–Crippen MR) is 55.0 cm³/mol. The summed E-state index contributed by atoms with van der Waals surface area (Å²) < 4.78 is 12.8. The summed E-state index contributed by atoms with van der Waals surface area (Å²) in [5, 5.41) is 0. The zero-order valence-electron chi connectivity index (χ0n) is 7.86. The molecule has 0 fully saturated rings. The van der Waals surface area contributed by atoms with Crippen LogP contribution in [0.5, 0.6) is 0 Å². The number of amides is 3. The van der Waals surface area contributed by atoms with E-state index in [2.05, 4.69) is 48.7 Å². The molecule has 0 spiro atoms. The van der Waals surface area contributed by atoms with E-state index in [-0.39, 0.29) is 0 Å². The van der Waals surface area contributed by atoms with Crippen molar-refractivity contribution in [1.82, 2.24) is 0 Å². The monoisotopic (exact) mass is 247 g/mol. The summed E-state index contributed by atoms with van der Waals surface area (Å²) in [4.78, 5) is 40.4. The summed E-state index contributed by atoms with van der Waals surface area (Å²) in [5.41, 5.74) is 0. The van der Waals surface area contributed by atoms with Crippen LogP contribution in [0.4, 0.5) is 14.4 Å². The Morgan fingerprint density at radius 1 is 0.750 bits per heavy atom. The fourth-order valence-electron chi connectivity index (χ4n) is 0.334. The van der Waals surface area contributed by atoms with Gasteiger partial charge in [0.2, 0.25) is 0 Å². The van der Waals surface area contributed by atoms with Crippen LogP contribution in [0.1, 0.15) is 0 Å². The third-order valence-corrected chi connectivity index (χ3v) is 1.76. The number of carbonyl (C=O) groups is 3. The molecule has 0 heterocycles. The van der Waals surface area contributed by atoms with Gasteiger partial charge in [-0.2, -0.15) is 15.0 Å². The molecule has 0 atom stereocenters. The number of nitrogens with zero attached hydrogens (tertiary/aromatic N) is 3. The number of rotatable bonds is 3. The van der Waals surface area contributed by atoms with Gasteiger partial charge in [-0.1, -0.05) is 0 Å². The van der Waals surface area contributed by atoms with E-state index in [1.54, 1.807) is 0 Å². The van der Waals surface area contributed by atoms with Crippen molar-refractivity contribution in [2.45, 2.75) is 0 Å². The molecule has 3 amide bonds. The molecule has 0 aliphatic rings. The maximum atomic E-state index is 10.7. The average Bonchev–Trinajstić information content (AvgIpc) is 2.28. The Bertz CT molecular complexity index is 291. The topological polar surface area (TPSA) is 116 Å². The van der Waals surface area contributed by atoms with E-state index < -0.39 is 26.9 Å². The highest BCUT2D eigenvalue weighted by molar-refractivity contribution is 7.43. The molecule has 0 bridgehead atoms. The van der Waals surface area contributed by atoms with Gasteiger partial charge in [-0.05, 0) is 20.2 Å². The van der Waals surface area contributed by atoms with Crippen molar-refractivity contribution < 1.29 is 28.0 Å². The molecule has 0 aromatic carbocycles. The molecular weight excluding hydrogens is 241 g/mol. The number of hydrogen-bond donors (Lipinski definition) is 0. The van der Waals surface area contributed by atoms with Gasteiger partial charge >= 0.3 is 26.9 Å². The second-order valence-corrected chi connectivity index (χ2v) is 2.76. The summed E-state index contributed by atoms with van der Waals surface area (Å²) >= 11 is 0. The van der Waals surface area contributed by atoms with Crippen LogP contribution in [0.15, 0.2) is 15.0 Å². The Labute approximate surface area is 90.8 Å². The largest absolute Gasteiger partial charge is 0.541 e. The average molecular weight is 247 g/mol. The number of aliphatic imine (C=N–C) groups is 3. The Morgan fingerprint density at radius 2 is 1.00 bits per heavy atom. The second kappa shape index (κ2) is 7.18. The summed E-state index contributed by atoms with van der Waals surface area (Å²) in [7, 11) is -2.65. The normalized spacial score (nSPS) is 8.81. The molecule has 9 nitrogen and oxygen atoms in total. The smallest absolute Gasteiger partial charge is 0.356 e. The zero-order valence-corrected chi connectivity index (χ0v) is 8.75. The molecule has 10 heteroatoms. The molecule has 0 aliphatic heterocycles. The highest BCUT2D eigenvalue weighted by atomic mass is 31.2. The van der Waals surface area contributed by atoms with Crippen LogP contribution in [0.2, 0.25) is 0 Å². The van der Waals surface area contributed by atoms with Gasteiger partial charge in [0, 0.05) is 0 Å². The molecule has 0 aromatic rings. The van der Waals surface area contributed by atoms with Crippen LogP contribution in [-0.4, -0.2) is 38.4 Å². The van der Waals surface area contributed by atoms with Crippen molar-refractivity contribution in [3.63, 3.8) is 0 Å². The number of carbonyl (C=O) groups excluding carboxylic acids is 3. The fourth-order valence-corrected chi connectivity index (χ4v) is 1.00. The third kappa shape index (κ3) is 5.55. The lowest BCUT2D eigenvalue weighted by Gasteiger charge is -2.09. The molecule has 16 heavy (non-hydrogen) atoms. The predicted octanol–water partition coefficient (Wildman–Crippen LogP) is 1.72. The minimum Gasteiger partial charge on any atom is -0.356 e. The summed E-state index contributed by atoms with van der Waals surface area (Å²) in [6.07, 6.45) is -3.58. The summed E-state index contributed by atoms with van der Waals surface area (Å²) in [6.45, 7) is 8.54. The first-order valence-electron chi connectivity index (χ1n) is 3.39. The zero-order chi connectivity index (χ0) is 12.6. The van der Waals surface area contributed by atoms with Crippen molar-refractivity contribution in [2.75, 3.05) is 0 Å². The Morgan fingerprint density at radius 3 is 1.19 bits per heavy atom. The van der Waals surface area contributed by atoms with Gasteiger partial charge in [-0.15, -0.1) is 0 Å². The highest BCUT2D eigenvalue weighted by Crippen LogP contribution is 2.41. The number of hydrogen-bond acceptors (Lipinski definition) is 6. The van der Waals surface area contributed by atoms with Crippen molar-refractivity contribution in [2.24, 2.45) is 15.0 Å². The van der Waals surface area contributed by atoms with E-state index in [0.717, 1.165) is 0 Å². The van der Waals surface area contributed by atoms with Crippen LogP contribution < -0.4 is 0 Å². The van der Waals surface area contributed by atoms with Crippen molar-refractivity contribution in [3.8, 4) is 0 Å². The van der Waals surface area contributed by atoms with E-state index in [1.807, 2.05) is 0 Å². The van der Waals surface area contributed by atoms with E-state index in [4.69, 9.17) is 0 Å². The van der Waals surface area contributed by atoms with Crippen LogP contribution in [0.25, 0.3) is 0 Å². The van der Waals surface area contributed by atoms with Crippen LogP contribution in [0.3, 0.4) is 0 Å². The third-order valence-electron chi connectivity index (χ3n) is 0.845. The van der Waals surface area contributed by atoms with Crippen LogP contribution in [-0.2, 0) is 13.6 Å². The first-order valence-corrected chi connectivity index (χ1v) is 4.49. The fraction of sp³-hybridized carbons (Fsp3) is 0. The van der Waals surface area contributed by atoms with E-state index >= 15 is 0 Å². The molecule has 0 saturated carbocycles. The maximum Gasteiger partial charge on any atom is 0.541 e. The summed E-state index contributed by atoms with van der Waals surface area (Å²) in [5.74, 6) is 0. The molecule has 0 unspecified atom stereocenters. The molecular formula is C6H6N3O6P. The lowest BCUT2D eigenvalue weighted by molar-refractivity contribution is 0.171. The lowest BCUT2D eigenvalue weighted by Crippen LogP contribution is -2.05. The van der Waals surface area contributed by atoms with E-state index in [1.165, 1.54) is 0 Å². The highest BCUT2D eigenvalue weighted by Gasteiger charge is 2.26. The molecule has 0 saturated heterocycles. The van der Waals surface area contributed by atoms with Crippen molar-refractivity contribution in [1.29, 1.82) is 0 Å². The first kappa shape index (κ1) is 13.8. The molecule has 0 aliphatic carbocycles. The maximum absolute atomic E-state index is 10.7. The van der Waals surface area contributed by atoms with Crippen LogP contribution >= 0.6 is 8.60 Å². The Balaban J connectivity index is 4.48.